The molecular weight excluding hydrogens is 294 g/mol. The molecule has 1 unspecified atom stereocenters. The maximum absolute atomic E-state index is 12.4. The molecule has 0 radical (unpaired) electrons. The van der Waals surface area contributed by atoms with E-state index in [1.54, 1.807) is 23.4 Å². The molecule has 1 aliphatic heterocycles. The topological polar surface area (TPSA) is 94.7 Å². The molecule has 1 saturated heterocycles. The molecule has 1 fully saturated rings. The predicted molar refractivity (Wildman–Crippen MR) is 85.8 cm³/mol. The van der Waals surface area contributed by atoms with Crippen molar-refractivity contribution in [1.82, 2.24) is 25.1 Å². The van der Waals surface area contributed by atoms with Gasteiger partial charge < -0.3 is 4.90 Å². The Morgan fingerprint density at radius 2 is 2.35 bits per heavy atom. The van der Waals surface area contributed by atoms with Gasteiger partial charge in [0.2, 0.25) is 5.91 Å². The van der Waals surface area contributed by atoms with Gasteiger partial charge in [0.15, 0.2) is 0 Å². The number of pyridine rings is 1. The molecule has 2 N–H and O–H groups in total. The fraction of sp³-hybridized carbons (Fsp3) is 0.375. The van der Waals surface area contributed by atoms with Gasteiger partial charge in [0.25, 0.3) is 0 Å². The zero-order chi connectivity index (χ0) is 16.2. The van der Waals surface area contributed by atoms with Crippen molar-refractivity contribution in [2.24, 2.45) is 0 Å². The third-order valence-electron chi connectivity index (χ3n) is 4.11. The standard InChI is InChI=1S/C16H19N5O2/c1-11-9-17-7-6-12(11)4-5-14(22)21-8-2-3-13(10-21)15-18-16(23)20-19-15/h4-7,9,13H,2-3,8,10H2,1H3,(H2,18,19,20,23). The summed E-state index contributed by atoms with van der Waals surface area (Å²) in [6, 6.07) is 1.88. The summed E-state index contributed by atoms with van der Waals surface area (Å²) >= 11 is 0. The molecule has 120 valence electrons. The van der Waals surface area contributed by atoms with Crippen LogP contribution in [0.1, 0.15) is 35.7 Å². The first-order chi connectivity index (χ1) is 11.1. The van der Waals surface area contributed by atoms with E-state index in [0.717, 1.165) is 30.5 Å². The number of piperidine rings is 1. The highest BCUT2D eigenvalue weighted by molar-refractivity contribution is 5.92. The molecule has 7 heteroatoms. The van der Waals surface area contributed by atoms with Crippen LogP contribution in [0.2, 0.25) is 0 Å². The van der Waals surface area contributed by atoms with Crippen LogP contribution in [0, 0.1) is 6.92 Å². The third-order valence-corrected chi connectivity index (χ3v) is 4.11. The molecule has 0 spiro atoms. The molecule has 23 heavy (non-hydrogen) atoms. The van der Waals surface area contributed by atoms with Crippen molar-refractivity contribution in [3.05, 3.63) is 52.0 Å². The second kappa shape index (κ2) is 6.60. The molecular formula is C16H19N5O2. The van der Waals surface area contributed by atoms with E-state index in [0.29, 0.717) is 12.4 Å². The highest BCUT2D eigenvalue weighted by Crippen LogP contribution is 2.23. The number of amides is 1. The number of H-pyrrole nitrogens is 2. The molecule has 0 bridgehead atoms. The molecule has 1 amide bonds. The van der Waals surface area contributed by atoms with Crippen LogP contribution in [0.5, 0.6) is 0 Å². The lowest BCUT2D eigenvalue weighted by molar-refractivity contribution is -0.127. The zero-order valence-corrected chi connectivity index (χ0v) is 13.0. The Bertz CT molecular complexity index is 777. The molecule has 2 aromatic rings. The van der Waals surface area contributed by atoms with E-state index >= 15 is 0 Å². The summed E-state index contributed by atoms with van der Waals surface area (Å²) in [7, 11) is 0. The lowest BCUT2D eigenvalue weighted by atomic mass is 9.97. The molecule has 0 aliphatic carbocycles. The van der Waals surface area contributed by atoms with Gasteiger partial charge in [-0.2, -0.15) is 5.10 Å². The number of aromatic amines is 2. The van der Waals surface area contributed by atoms with E-state index in [1.807, 2.05) is 19.1 Å². The molecule has 1 atom stereocenters. The summed E-state index contributed by atoms with van der Waals surface area (Å²) in [5, 5.41) is 6.36. The van der Waals surface area contributed by atoms with Gasteiger partial charge in [-0.25, -0.2) is 9.89 Å². The van der Waals surface area contributed by atoms with E-state index in [2.05, 4.69) is 20.2 Å². The molecule has 1 aliphatic rings. The molecule has 0 aromatic carbocycles. The first-order valence-electron chi connectivity index (χ1n) is 7.65. The van der Waals surface area contributed by atoms with Gasteiger partial charge in [-0.3, -0.25) is 14.8 Å². The summed E-state index contributed by atoms with van der Waals surface area (Å²) in [6.07, 6.45) is 8.71. The SMILES string of the molecule is Cc1cnccc1C=CC(=O)N1CCCC(c2n[nH]c(=O)[nH]2)C1. The summed E-state index contributed by atoms with van der Waals surface area (Å²) < 4.78 is 0. The number of likely N-dealkylation sites (tertiary alicyclic amines) is 1. The molecule has 0 saturated carbocycles. The van der Waals surface area contributed by atoms with Crippen molar-refractivity contribution >= 4 is 12.0 Å². The van der Waals surface area contributed by atoms with Gasteiger partial charge in [-0.05, 0) is 43.0 Å². The molecule has 2 aromatic heterocycles. The number of aryl methyl sites for hydroxylation is 1. The Hall–Kier alpha value is -2.70. The van der Waals surface area contributed by atoms with E-state index in [9.17, 15) is 9.59 Å². The van der Waals surface area contributed by atoms with Crippen molar-refractivity contribution in [2.75, 3.05) is 13.1 Å². The largest absolute Gasteiger partial charge is 0.340 e. The van der Waals surface area contributed by atoms with Gasteiger partial charge in [0, 0.05) is 37.5 Å². The monoisotopic (exact) mass is 313 g/mol. The van der Waals surface area contributed by atoms with Crippen LogP contribution in [-0.4, -0.2) is 44.1 Å². The summed E-state index contributed by atoms with van der Waals surface area (Å²) in [4.78, 5) is 32.1. The minimum atomic E-state index is -0.309. The molecule has 3 heterocycles. The zero-order valence-electron chi connectivity index (χ0n) is 13.0. The number of hydrogen-bond acceptors (Lipinski definition) is 4. The number of rotatable bonds is 3. The Morgan fingerprint density at radius 3 is 3.09 bits per heavy atom. The van der Waals surface area contributed by atoms with Crippen molar-refractivity contribution in [3.8, 4) is 0 Å². The van der Waals surface area contributed by atoms with Gasteiger partial charge >= 0.3 is 5.69 Å². The lowest BCUT2D eigenvalue weighted by Crippen LogP contribution is -2.38. The van der Waals surface area contributed by atoms with Gasteiger partial charge in [0.05, 0.1) is 0 Å². The van der Waals surface area contributed by atoms with Gasteiger partial charge in [-0.1, -0.05) is 0 Å². The smallest absolute Gasteiger partial charge is 0.338 e. The maximum Gasteiger partial charge on any atom is 0.340 e. The van der Waals surface area contributed by atoms with Crippen LogP contribution in [0.15, 0.2) is 29.3 Å². The minimum absolute atomic E-state index is 0.0243. The van der Waals surface area contributed by atoms with Crippen molar-refractivity contribution in [1.29, 1.82) is 0 Å². The Morgan fingerprint density at radius 1 is 1.48 bits per heavy atom. The number of nitrogens with one attached hydrogen (secondary N) is 2. The summed E-state index contributed by atoms with van der Waals surface area (Å²) in [5.74, 6) is 0.674. The highest BCUT2D eigenvalue weighted by atomic mass is 16.2. The van der Waals surface area contributed by atoms with Crippen LogP contribution in [0.4, 0.5) is 0 Å². The van der Waals surface area contributed by atoms with Crippen LogP contribution in [-0.2, 0) is 4.79 Å². The number of carbonyl (C=O) groups excluding carboxylic acids is 1. The quantitative estimate of drug-likeness (QED) is 0.833. The second-order valence-corrected chi connectivity index (χ2v) is 5.75. The summed E-state index contributed by atoms with van der Waals surface area (Å²) in [6.45, 7) is 3.25. The Labute approximate surface area is 133 Å². The molecule has 7 nitrogen and oxygen atoms in total. The van der Waals surface area contributed by atoms with Crippen LogP contribution >= 0.6 is 0 Å². The average molecular weight is 313 g/mol. The minimum Gasteiger partial charge on any atom is -0.338 e. The van der Waals surface area contributed by atoms with Gasteiger partial charge in [-0.15, -0.1) is 0 Å². The Kier molecular flexibility index (Phi) is 4.36. The number of nitrogens with zero attached hydrogens (tertiary/aromatic N) is 3. The Balaban J connectivity index is 1.67. The normalized spacial score (nSPS) is 18.5. The van der Waals surface area contributed by atoms with E-state index in [4.69, 9.17) is 0 Å². The van der Waals surface area contributed by atoms with E-state index in [-0.39, 0.29) is 17.5 Å². The highest BCUT2D eigenvalue weighted by Gasteiger charge is 2.25. The lowest BCUT2D eigenvalue weighted by Gasteiger charge is -2.30. The first kappa shape index (κ1) is 15.2. The number of hydrogen-bond donors (Lipinski definition) is 2. The third kappa shape index (κ3) is 3.56. The fourth-order valence-electron chi connectivity index (χ4n) is 2.81. The summed E-state index contributed by atoms with van der Waals surface area (Å²) in [5.41, 5.74) is 1.71. The van der Waals surface area contributed by atoms with Crippen molar-refractivity contribution in [3.63, 3.8) is 0 Å². The molecule has 3 rings (SSSR count). The predicted octanol–water partition coefficient (Wildman–Crippen LogP) is 1.22. The second-order valence-electron chi connectivity index (χ2n) is 5.75. The number of aromatic nitrogens is 4. The van der Waals surface area contributed by atoms with E-state index in [1.165, 1.54) is 0 Å². The van der Waals surface area contributed by atoms with Crippen LogP contribution in [0.3, 0.4) is 0 Å². The fourth-order valence-corrected chi connectivity index (χ4v) is 2.81. The number of carbonyl (C=O) groups is 1. The average Bonchev–Trinajstić information content (AvgIpc) is 3.00. The van der Waals surface area contributed by atoms with Crippen molar-refractivity contribution < 1.29 is 4.79 Å². The van der Waals surface area contributed by atoms with Crippen molar-refractivity contribution in [2.45, 2.75) is 25.7 Å². The first-order valence-corrected chi connectivity index (χ1v) is 7.65. The van der Waals surface area contributed by atoms with E-state index < -0.39 is 0 Å². The van der Waals surface area contributed by atoms with Gasteiger partial charge in [0.1, 0.15) is 5.82 Å². The maximum atomic E-state index is 12.4. The van der Waals surface area contributed by atoms with Crippen LogP contribution in [0.25, 0.3) is 6.08 Å². The van der Waals surface area contributed by atoms with Crippen LogP contribution < -0.4 is 5.69 Å².